The first-order valence-electron chi connectivity index (χ1n) is 7.01. The zero-order valence-corrected chi connectivity index (χ0v) is 12.1. The van der Waals surface area contributed by atoms with Crippen LogP contribution in [0.2, 0.25) is 0 Å². The van der Waals surface area contributed by atoms with Crippen LogP contribution in [-0.2, 0) is 4.74 Å². The first kappa shape index (κ1) is 12.9. The Morgan fingerprint density at radius 1 is 1.33 bits per heavy atom. The second kappa shape index (κ2) is 4.88. The Morgan fingerprint density at radius 2 is 2.10 bits per heavy atom. The lowest BCUT2D eigenvalue weighted by atomic mass is 10.2. The van der Waals surface area contributed by atoms with Gasteiger partial charge in [0.1, 0.15) is 5.69 Å². The van der Waals surface area contributed by atoms with E-state index in [-0.39, 0.29) is 16.5 Å². The number of thiazole rings is 1. The molecule has 2 aromatic heterocycles. The van der Waals surface area contributed by atoms with Crippen molar-refractivity contribution in [2.24, 2.45) is 0 Å². The maximum absolute atomic E-state index is 11.2. The summed E-state index contributed by atoms with van der Waals surface area (Å²) < 4.78 is 6.12. The molecule has 0 N–H and O–H groups in total. The Kier molecular flexibility index (Phi) is 3.00. The molecular weight excluding hydrogens is 292 g/mol. The molecule has 1 saturated carbocycles. The topological polar surface area (TPSA) is 81.4 Å². The van der Waals surface area contributed by atoms with Crippen LogP contribution in [0.25, 0.3) is 10.3 Å². The van der Waals surface area contributed by atoms with E-state index in [9.17, 15) is 10.1 Å². The van der Waals surface area contributed by atoms with Crippen LogP contribution in [0, 0.1) is 10.1 Å². The van der Waals surface area contributed by atoms with Gasteiger partial charge in [0, 0.05) is 25.1 Å². The van der Waals surface area contributed by atoms with Gasteiger partial charge < -0.3 is 9.64 Å². The van der Waals surface area contributed by atoms with Gasteiger partial charge in [0.25, 0.3) is 5.69 Å². The second-order valence-electron chi connectivity index (χ2n) is 5.34. The van der Waals surface area contributed by atoms with E-state index in [0.717, 1.165) is 35.8 Å². The van der Waals surface area contributed by atoms with Crippen molar-refractivity contribution in [1.29, 1.82) is 0 Å². The molecule has 2 fully saturated rings. The van der Waals surface area contributed by atoms with Gasteiger partial charge in [-0.25, -0.2) is 4.98 Å². The van der Waals surface area contributed by atoms with Crippen molar-refractivity contribution < 1.29 is 9.66 Å². The van der Waals surface area contributed by atoms with Crippen LogP contribution in [0.1, 0.15) is 24.5 Å². The molecule has 0 amide bonds. The van der Waals surface area contributed by atoms with Crippen molar-refractivity contribution in [1.82, 2.24) is 9.97 Å². The summed E-state index contributed by atoms with van der Waals surface area (Å²) in [7, 11) is 0. The summed E-state index contributed by atoms with van der Waals surface area (Å²) in [6, 6.07) is 1.64. The molecule has 0 atom stereocenters. The highest BCUT2D eigenvalue weighted by Gasteiger charge is 2.33. The number of aromatic nitrogens is 2. The minimum Gasteiger partial charge on any atom is -0.378 e. The van der Waals surface area contributed by atoms with E-state index >= 15 is 0 Å². The number of hydrogen-bond acceptors (Lipinski definition) is 7. The quantitative estimate of drug-likeness (QED) is 0.639. The van der Waals surface area contributed by atoms with Gasteiger partial charge in [-0.3, -0.25) is 10.1 Å². The number of nitrogens with zero attached hydrogens (tertiary/aromatic N) is 4. The Labute approximate surface area is 124 Å². The standard InChI is InChI=1S/C13H14N4O3S/c18-17(19)9-7-10-12(14-11(9)8-1-2-8)15-13(21-10)16-3-5-20-6-4-16/h7-8H,1-6H2. The lowest BCUT2D eigenvalue weighted by Gasteiger charge is -2.25. The van der Waals surface area contributed by atoms with E-state index in [0.29, 0.717) is 24.6 Å². The predicted octanol–water partition coefficient (Wildman–Crippen LogP) is 2.31. The van der Waals surface area contributed by atoms with Gasteiger partial charge in [0.05, 0.1) is 22.8 Å². The van der Waals surface area contributed by atoms with Crippen LogP contribution in [-0.4, -0.2) is 41.2 Å². The van der Waals surface area contributed by atoms with Crippen LogP contribution >= 0.6 is 11.3 Å². The Morgan fingerprint density at radius 3 is 2.76 bits per heavy atom. The number of nitro groups is 1. The Balaban J connectivity index is 1.77. The number of morpholine rings is 1. The average Bonchev–Trinajstić information content (AvgIpc) is 3.26. The maximum atomic E-state index is 11.2. The summed E-state index contributed by atoms with van der Waals surface area (Å²) in [6.45, 7) is 2.99. The predicted molar refractivity (Wildman–Crippen MR) is 79.1 cm³/mol. The van der Waals surface area contributed by atoms with Crippen LogP contribution in [0.3, 0.4) is 0 Å². The van der Waals surface area contributed by atoms with Gasteiger partial charge >= 0.3 is 0 Å². The zero-order chi connectivity index (χ0) is 14.4. The highest BCUT2D eigenvalue weighted by molar-refractivity contribution is 7.22. The third-order valence-electron chi connectivity index (χ3n) is 3.82. The molecule has 0 aromatic carbocycles. The highest BCUT2D eigenvalue weighted by Crippen LogP contribution is 2.44. The number of anilines is 1. The molecule has 1 saturated heterocycles. The molecule has 2 aliphatic rings. The lowest BCUT2D eigenvalue weighted by molar-refractivity contribution is -0.385. The number of ether oxygens (including phenoxy) is 1. The number of hydrogen-bond donors (Lipinski definition) is 0. The summed E-state index contributed by atoms with van der Waals surface area (Å²) in [6.07, 6.45) is 1.97. The maximum Gasteiger partial charge on any atom is 0.292 e. The van der Waals surface area contributed by atoms with E-state index in [1.165, 1.54) is 11.3 Å². The van der Waals surface area contributed by atoms with Crippen molar-refractivity contribution in [3.05, 3.63) is 21.9 Å². The molecule has 2 aromatic rings. The van der Waals surface area contributed by atoms with E-state index in [4.69, 9.17) is 4.74 Å². The monoisotopic (exact) mass is 306 g/mol. The van der Waals surface area contributed by atoms with Crippen LogP contribution < -0.4 is 4.90 Å². The fourth-order valence-corrected chi connectivity index (χ4v) is 3.54. The molecule has 0 bridgehead atoms. The minimum absolute atomic E-state index is 0.141. The number of pyridine rings is 1. The van der Waals surface area contributed by atoms with E-state index in [1.54, 1.807) is 6.07 Å². The largest absolute Gasteiger partial charge is 0.378 e. The molecule has 8 heteroatoms. The van der Waals surface area contributed by atoms with Crippen LogP contribution in [0.4, 0.5) is 10.8 Å². The van der Waals surface area contributed by atoms with Gasteiger partial charge in [-0.15, -0.1) is 0 Å². The molecule has 0 spiro atoms. The van der Waals surface area contributed by atoms with E-state index < -0.39 is 0 Å². The fourth-order valence-electron chi connectivity index (χ4n) is 2.55. The lowest BCUT2D eigenvalue weighted by Crippen LogP contribution is -2.36. The normalized spacial score (nSPS) is 19.1. The first-order chi connectivity index (χ1) is 10.2. The SMILES string of the molecule is O=[N+]([O-])c1cc2sc(N3CCOCC3)nc2nc1C1CC1. The molecule has 1 aliphatic carbocycles. The Hall–Kier alpha value is -1.80. The van der Waals surface area contributed by atoms with E-state index in [1.807, 2.05) is 0 Å². The molecule has 1 aliphatic heterocycles. The minimum atomic E-state index is -0.325. The van der Waals surface area contributed by atoms with Crippen molar-refractivity contribution in [3.8, 4) is 0 Å². The zero-order valence-electron chi connectivity index (χ0n) is 11.3. The Bertz CT molecular complexity index is 707. The molecule has 21 heavy (non-hydrogen) atoms. The summed E-state index contributed by atoms with van der Waals surface area (Å²) in [5, 5.41) is 12.1. The molecule has 0 radical (unpaired) electrons. The van der Waals surface area contributed by atoms with E-state index in [2.05, 4.69) is 14.9 Å². The van der Waals surface area contributed by atoms with Crippen molar-refractivity contribution in [3.63, 3.8) is 0 Å². The van der Waals surface area contributed by atoms with Crippen LogP contribution in [0.5, 0.6) is 0 Å². The van der Waals surface area contributed by atoms with Gasteiger partial charge in [0.2, 0.25) is 0 Å². The average molecular weight is 306 g/mol. The fraction of sp³-hybridized carbons (Fsp3) is 0.538. The summed E-state index contributed by atoms with van der Waals surface area (Å²) in [5.74, 6) is 0.239. The van der Waals surface area contributed by atoms with Gasteiger partial charge in [-0.2, -0.15) is 4.98 Å². The summed E-state index contributed by atoms with van der Waals surface area (Å²) in [5.41, 5.74) is 1.38. The van der Waals surface area contributed by atoms with Crippen LogP contribution in [0.15, 0.2) is 6.07 Å². The summed E-state index contributed by atoms with van der Waals surface area (Å²) >= 11 is 1.47. The van der Waals surface area contributed by atoms with Crippen molar-refractivity contribution in [2.75, 3.05) is 31.2 Å². The molecule has 7 nitrogen and oxygen atoms in total. The number of fused-ring (bicyclic) bond motifs is 1. The smallest absolute Gasteiger partial charge is 0.292 e. The molecule has 110 valence electrons. The second-order valence-corrected chi connectivity index (χ2v) is 6.35. The first-order valence-corrected chi connectivity index (χ1v) is 7.82. The van der Waals surface area contributed by atoms with Crippen molar-refractivity contribution >= 4 is 32.5 Å². The van der Waals surface area contributed by atoms with Gasteiger partial charge in [-0.05, 0) is 12.8 Å². The highest BCUT2D eigenvalue weighted by atomic mass is 32.1. The third-order valence-corrected chi connectivity index (χ3v) is 4.87. The molecule has 3 heterocycles. The van der Waals surface area contributed by atoms with Gasteiger partial charge in [-0.1, -0.05) is 11.3 Å². The number of rotatable bonds is 3. The van der Waals surface area contributed by atoms with Gasteiger partial charge in [0.15, 0.2) is 10.8 Å². The molecule has 4 rings (SSSR count). The summed E-state index contributed by atoms with van der Waals surface area (Å²) in [4.78, 5) is 22.1. The van der Waals surface area contributed by atoms with Crippen molar-refractivity contribution in [2.45, 2.75) is 18.8 Å². The third kappa shape index (κ3) is 2.34. The molecular formula is C13H14N4O3S. The molecule has 0 unspecified atom stereocenters.